The molecule has 1 aliphatic heterocycles. The lowest BCUT2D eigenvalue weighted by atomic mass is 9.96. The lowest BCUT2D eigenvalue weighted by Gasteiger charge is -2.22. The molecule has 3 rings (SSSR count). The summed E-state index contributed by atoms with van der Waals surface area (Å²) in [5, 5.41) is 2.69. The number of rotatable bonds is 3. The van der Waals surface area contributed by atoms with Crippen LogP contribution in [0.25, 0.3) is 11.1 Å². The van der Waals surface area contributed by atoms with Crippen molar-refractivity contribution in [2.24, 2.45) is 0 Å². The maximum atomic E-state index is 12.7. The van der Waals surface area contributed by atoms with Gasteiger partial charge in [0.15, 0.2) is 0 Å². The van der Waals surface area contributed by atoms with E-state index in [1.807, 2.05) is 60.7 Å². The SMILES string of the molecule is CN(C)N1C(=O)C(c2ccccc2)=C(c2ccccc2)C1=O. The van der Waals surface area contributed by atoms with Gasteiger partial charge < -0.3 is 0 Å². The van der Waals surface area contributed by atoms with E-state index in [1.54, 1.807) is 14.1 Å². The average molecular weight is 292 g/mol. The Kier molecular flexibility index (Phi) is 3.61. The number of imide groups is 1. The van der Waals surface area contributed by atoms with Crippen LogP contribution in [0.1, 0.15) is 11.1 Å². The molecule has 0 fully saturated rings. The van der Waals surface area contributed by atoms with Crippen LogP contribution in [0.4, 0.5) is 0 Å². The standard InChI is InChI=1S/C18H16N2O2/c1-19(2)20-17(21)15(13-9-5-3-6-10-13)16(18(20)22)14-11-7-4-8-12-14/h3-12H,1-2H3. The van der Waals surface area contributed by atoms with Gasteiger partial charge in [-0.3, -0.25) is 9.59 Å². The van der Waals surface area contributed by atoms with Crippen molar-refractivity contribution < 1.29 is 9.59 Å². The van der Waals surface area contributed by atoms with E-state index in [0.29, 0.717) is 11.1 Å². The molecule has 1 heterocycles. The number of hydrogen-bond donors (Lipinski definition) is 0. The van der Waals surface area contributed by atoms with Crippen molar-refractivity contribution >= 4 is 23.0 Å². The minimum absolute atomic E-state index is 0.292. The molecular formula is C18H16N2O2. The van der Waals surface area contributed by atoms with Gasteiger partial charge in [0.2, 0.25) is 0 Å². The number of carbonyl (C=O) groups excluding carboxylic acids is 2. The predicted octanol–water partition coefficient (Wildman–Crippen LogP) is 2.44. The summed E-state index contributed by atoms with van der Waals surface area (Å²) < 4.78 is 0. The quantitative estimate of drug-likeness (QED) is 0.816. The Balaban J connectivity index is 2.24. The van der Waals surface area contributed by atoms with Crippen LogP contribution in [0.15, 0.2) is 60.7 Å². The van der Waals surface area contributed by atoms with E-state index in [2.05, 4.69) is 0 Å². The molecule has 2 amide bonds. The number of hydrogen-bond acceptors (Lipinski definition) is 3. The van der Waals surface area contributed by atoms with Gasteiger partial charge in [-0.25, -0.2) is 10.0 Å². The van der Waals surface area contributed by atoms with Crippen molar-refractivity contribution in [2.45, 2.75) is 0 Å². The fourth-order valence-corrected chi connectivity index (χ4v) is 2.63. The molecule has 2 aromatic carbocycles. The van der Waals surface area contributed by atoms with Crippen LogP contribution in [0.3, 0.4) is 0 Å². The first-order chi connectivity index (χ1) is 10.6. The lowest BCUT2D eigenvalue weighted by Crippen LogP contribution is -2.42. The van der Waals surface area contributed by atoms with Gasteiger partial charge in [0.05, 0.1) is 11.1 Å². The van der Waals surface area contributed by atoms with Crippen LogP contribution in [0.2, 0.25) is 0 Å². The molecule has 0 N–H and O–H groups in total. The van der Waals surface area contributed by atoms with E-state index < -0.39 is 0 Å². The number of hydrazine groups is 1. The summed E-state index contributed by atoms with van der Waals surface area (Å²) in [6.07, 6.45) is 0. The number of carbonyl (C=O) groups is 2. The summed E-state index contributed by atoms with van der Waals surface area (Å²) in [7, 11) is 3.37. The van der Waals surface area contributed by atoms with Gasteiger partial charge in [-0.05, 0) is 11.1 Å². The fourth-order valence-electron chi connectivity index (χ4n) is 2.63. The smallest absolute Gasteiger partial charge is 0.267 e. The molecule has 0 unspecified atom stereocenters. The second-order valence-corrected chi connectivity index (χ2v) is 5.25. The lowest BCUT2D eigenvalue weighted by molar-refractivity contribution is -0.150. The second kappa shape index (κ2) is 5.58. The summed E-state index contributed by atoms with van der Waals surface area (Å²) in [5.74, 6) is -0.583. The monoisotopic (exact) mass is 292 g/mol. The van der Waals surface area contributed by atoms with E-state index in [-0.39, 0.29) is 11.8 Å². The molecule has 0 aromatic heterocycles. The maximum absolute atomic E-state index is 12.7. The zero-order valence-electron chi connectivity index (χ0n) is 12.5. The number of nitrogens with zero attached hydrogens (tertiary/aromatic N) is 2. The molecule has 4 nitrogen and oxygen atoms in total. The van der Waals surface area contributed by atoms with Crippen LogP contribution in [-0.2, 0) is 9.59 Å². The van der Waals surface area contributed by atoms with E-state index >= 15 is 0 Å². The Morgan fingerprint density at radius 3 is 1.36 bits per heavy atom. The third kappa shape index (κ3) is 2.23. The molecule has 0 atom stereocenters. The van der Waals surface area contributed by atoms with E-state index in [9.17, 15) is 9.59 Å². The van der Waals surface area contributed by atoms with Crippen molar-refractivity contribution in [1.29, 1.82) is 0 Å². The van der Waals surface area contributed by atoms with Gasteiger partial charge in [-0.1, -0.05) is 60.7 Å². The van der Waals surface area contributed by atoms with Gasteiger partial charge in [0, 0.05) is 14.1 Å². The molecule has 0 spiro atoms. The molecule has 0 saturated carbocycles. The Hall–Kier alpha value is -2.72. The molecule has 2 aromatic rings. The summed E-state index contributed by atoms with van der Waals surface area (Å²) in [4.78, 5) is 25.5. The first kappa shape index (κ1) is 14.2. The third-order valence-electron chi connectivity index (χ3n) is 3.59. The topological polar surface area (TPSA) is 40.6 Å². The molecule has 0 aliphatic carbocycles. The molecule has 0 bridgehead atoms. The summed E-state index contributed by atoms with van der Waals surface area (Å²) in [6.45, 7) is 0. The Morgan fingerprint density at radius 2 is 1.05 bits per heavy atom. The van der Waals surface area contributed by atoms with Gasteiger partial charge in [0.25, 0.3) is 11.8 Å². The Bertz CT molecular complexity index is 688. The molecule has 0 saturated heterocycles. The zero-order chi connectivity index (χ0) is 15.7. The molecule has 0 radical (unpaired) electrons. The first-order valence-electron chi connectivity index (χ1n) is 7.02. The summed E-state index contributed by atoms with van der Waals surface area (Å²) in [6, 6.07) is 18.6. The largest absolute Gasteiger partial charge is 0.276 e. The number of benzene rings is 2. The van der Waals surface area contributed by atoms with Crippen LogP contribution in [0, 0.1) is 0 Å². The van der Waals surface area contributed by atoms with Crippen molar-refractivity contribution in [3.05, 3.63) is 71.8 Å². The first-order valence-corrected chi connectivity index (χ1v) is 7.02. The molecule has 4 heteroatoms. The van der Waals surface area contributed by atoms with E-state index in [4.69, 9.17) is 0 Å². The van der Waals surface area contributed by atoms with Crippen LogP contribution in [0.5, 0.6) is 0 Å². The van der Waals surface area contributed by atoms with Crippen LogP contribution < -0.4 is 0 Å². The highest BCUT2D eigenvalue weighted by atomic mass is 16.2. The summed E-state index contributed by atoms with van der Waals surface area (Å²) in [5.41, 5.74) is 2.41. The van der Waals surface area contributed by atoms with Crippen LogP contribution in [-0.4, -0.2) is 35.9 Å². The van der Waals surface area contributed by atoms with Crippen molar-refractivity contribution in [1.82, 2.24) is 10.0 Å². The highest BCUT2D eigenvalue weighted by molar-refractivity contribution is 6.48. The average Bonchev–Trinajstić information content (AvgIpc) is 2.80. The van der Waals surface area contributed by atoms with Gasteiger partial charge in [-0.15, -0.1) is 0 Å². The highest BCUT2D eigenvalue weighted by Crippen LogP contribution is 2.35. The molecular weight excluding hydrogens is 276 g/mol. The van der Waals surface area contributed by atoms with E-state index in [1.165, 1.54) is 10.0 Å². The minimum atomic E-state index is -0.292. The molecule has 110 valence electrons. The second-order valence-electron chi connectivity index (χ2n) is 5.25. The fraction of sp³-hybridized carbons (Fsp3) is 0.111. The highest BCUT2D eigenvalue weighted by Gasteiger charge is 2.40. The Labute approximate surface area is 129 Å². The molecule has 22 heavy (non-hydrogen) atoms. The van der Waals surface area contributed by atoms with Gasteiger partial charge in [0.1, 0.15) is 0 Å². The predicted molar refractivity (Wildman–Crippen MR) is 85.2 cm³/mol. The maximum Gasteiger partial charge on any atom is 0.276 e. The Morgan fingerprint density at radius 1 is 0.682 bits per heavy atom. The third-order valence-corrected chi connectivity index (χ3v) is 3.59. The zero-order valence-corrected chi connectivity index (χ0v) is 12.5. The van der Waals surface area contributed by atoms with Crippen LogP contribution >= 0.6 is 0 Å². The van der Waals surface area contributed by atoms with Crippen molar-refractivity contribution in [3.8, 4) is 0 Å². The van der Waals surface area contributed by atoms with Gasteiger partial charge in [-0.2, -0.15) is 0 Å². The summed E-state index contributed by atoms with van der Waals surface area (Å²) >= 11 is 0. The normalized spacial score (nSPS) is 15.1. The van der Waals surface area contributed by atoms with Gasteiger partial charge >= 0.3 is 0 Å². The molecule has 1 aliphatic rings. The van der Waals surface area contributed by atoms with E-state index in [0.717, 1.165) is 11.1 Å². The van der Waals surface area contributed by atoms with Crippen molar-refractivity contribution in [2.75, 3.05) is 14.1 Å². The number of amides is 2. The minimum Gasteiger partial charge on any atom is -0.267 e. The van der Waals surface area contributed by atoms with Crippen molar-refractivity contribution in [3.63, 3.8) is 0 Å².